The number of H-pyrrole nitrogens is 1. The normalized spacial score (nSPS) is 14.4. The van der Waals surface area contributed by atoms with E-state index in [1.807, 2.05) is 19.2 Å². The van der Waals surface area contributed by atoms with Gasteiger partial charge in [-0.15, -0.1) is 0 Å². The van der Waals surface area contributed by atoms with Crippen LogP contribution in [0, 0.1) is 0 Å². The van der Waals surface area contributed by atoms with E-state index >= 15 is 0 Å². The molecule has 0 aliphatic rings. The lowest BCUT2D eigenvalue weighted by atomic mass is 10.1. The molecule has 19 heavy (non-hydrogen) atoms. The monoisotopic (exact) mass is 317 g/mol. The molecule has 2 rings (SSSR count). The Labute approximate surface area is 127 Å². The number of hydrogen-bond acceptors (Lipinski definition) is 2. The molecule has 0 saturated heterocycles. The maximum atomic E-state index is 6.23. The second-order valence-electron chi connectivity index (χ2n) is 4.41. The van der Waals surface area contributed by atoms with Gasteiger partial charge in [-0.25, -0.2) is 0 Å². The van der Waals surface area contributed by atoms with E-state index in [0.29, 0.717) is 15.1 Å². The molecule has 2 aromatic rings. The molecular formula is C13H14Cl3N3. The van der Waals surface area contributed by atoms with Crippen LogP contribution in [0.4, 0.5) is 0 Å². The van der Waals surface area contributed by atoms with E-state index in [0.717, 1.165) is 11.1 Å². The number of rotatable bonds is 4. The van der Waals surface area contributed by atoms with Gasteiger partial charge in [-0.05, 0) is 25.5 Å². The average molecular weight is 319 g/mol. The standard InChI is InChI=1S/C13H14Cl3N3/c1-7(9-5-17-18-6-9)19-8(2)10-3-4-11(14)13(16)12(10)15/h3-8,19H,1-2H3,(H,17,18). The van der Waals surface area contributed by atoms with Gasteiger partial charge in [0.05, 0.1) is 21.3 Å². The van der Waals surface area contributed by atoms with Crippen molar-refractivity contribution in [2.45, 2.75) is 25.9 Å². The fourth-order valence-electron chi connectivity index (χ4n) is 1.93. The van der Waals surface area contributed by atoms with Crippen LogP contribution < -0.4 is 5.32 Å². The van der Waals surface area contributed by atoms with Crippen LogP contribution in [0.3, 0.4) is 0 Å². The molecule has 1 aromatic carbocycles. The summed E-state index contributed by atoms with van der Waals surface area (Å²) in [6.45, 7) is 4.09. The van der Waals surface area contributed by atoms with E-state index in [1.165, 1.54) is 0 Å². The lowest BCUT2D eigenvalue weighted by Gasteiger charge is -2.21. The van der Waals surface area contributed by atoms with Gasteiger partial charge in [-0.2, -0.15) is 5.10 Å². The summed E-state index contributed by atoms with van der Waals surface area (Å²) in [5.41, 5.74) is 2.01. The molecule has 0 spiro atoms. The van der Waals surface area contributed by atoms with Crippen molar-refractivity contribution < 1.29 is 0 Å². The highest BCUT2D eigenvalue weighted by molar-refractivity contribution is 6.48. The van der Waals surface area contributed by atoms with Crippen LogP contribution in [0.25, 0.3) is 0 Å². The van der Waals surface area contributed by atoms with E-state index in [4.69, 9.17) is 34.8 Å². The van der Waals surface area contributed by atoms with Crippen molar-refractivity contribution in [2.75, 3.05) is 0 Å². The van der Waals surface area contributed by atoms with Gasteiger partial charge in [-0.3, -0.25) is 5.10 Å². The summed E-state index contributed by atoms with van der Waals surface area (Å²) in [7, 11) is 0. The topological polar surface area (TPSA) is 40.7 Å². The first-order valence-electron chi connectivity index (χ1n) is 5.88. The molecule has 1 heterocycles. The molecule has 0 amide bonds. The number of hydrogen-bond donors (Lipinski definition) is 2. The fourth-order valence-corrected chi connectivity index (χ4v) is 2.64. The molecule has 2 N–H and O–H groups in total. The number of nitrogens with zero attached hydrogens (tertiary/aromatic N) is 1. The highest BCUT2D eigenvalue weighted by Gasteiger charge is 2.17. The molecular weight excluding hydrogens is 305 g/mol. The summed E-state index contributed by atoms with van der Waals surface area (Å²) in [5.74, 6) is 0. The molecule has 0 aliphatic carbocycles. The molecule has 0 aliphatic heterocycles. The van der Waals surface area contributed by atoms with E-state index < -0.39 is 0 Å². The van der Waals surface area contributed by atoms with Crippen LogP contribution in [-0.2, 0) is 0 Å². The minimum atomic E-state index is 0.0483. The van der Waals surface area contributed by atoms with Crippen molar-refractivity contribution in [1.29, 1.82) is 0 Å². The third kappa shape index (κ3) is 3.23. The summed E-state index contributed by atoms with van der Waals surface area (Å²) in [5, 5.41) is 11.5. The summed E-state index contributed by atoms with van der Waals surface area (Å²) in [6, 6.07) is 3.84. The van der Waals surface area contributed by atoms with Crippen molar-refractivity contribution >= 4 is 34.8 Å². The van der Waals surface area contributed by atoms with Gasteiger partial charge >= 0.3 is 0 Å². The van der Waals surface area contributed by atoms with Crippen LogP contribution in [-0.4, -0.2) is 10.2 Å². The van der Waals surface area contributed by atoms with Gasteiger partial charge in [0.2, 0.25) is 0 Å². The van der Waals surface area contributed by atoms with Crippen LogP contribution in [0.2, 0.25) is 15.1 Å². The van der Waals surface area contributed by atoms with Gasteiger partial charge in [0.25, 0.3) is 0 Å². The minimum absolute atomic E-state index is 0.0483. The third-order valence-corrected chi connectivity index (χ3v) is 4.36. The first-order valence-corrected chi connectivity index (χ1v) is 7.02. The number of halogens is 3. The maximum Gasteiger partial charge on any atom is 0.0781 e. The summed E-state index contributed by atoms with van der Waals surface area (Å²) < 4.78 is 0. The van der Waals surface area contributed by atoms with Crippen LogP contribution in [0.1, 0.15) is 37.1 Å². The Kier molecular flexibility index (Phi) is 4.74. The third-order valence-electron chi connectivity index (χ3n) is 3.05. The maximum absolute atomic E-state index is 6.23. The Morgan fingerprint density at radius 3 is 2.47 bits per heavy atom. The summed E-state index contributed by atoms with van der Waals surface area (Å²) in [4.78, 5) is 0. The van der Waals surface area contributed by atoms with Crippen molar-refractivity contribution in [2.24, 2.45) is 0 Å². The minimum Gasteiger partial charge on any atom is -0.303 e. The van der Waals surface area contributed by atoms with E-state index in [1.54, 1.807) is 12.3 Å². The molecule has 0 saturated carbocycles. The zero-order chi connectivity index (χ0) is 14.0. The molecule has 6 heteroatoms. The lowest BCUT2D eigenvalue weighted by Crippen LogP contribution is -2.22. The van der Waals surface area contributed by atoms with Crippen LogP contribution in [0.5, 0.6) is 0 Å². The number of aromatic amines is 1. The van der Waals surface area contributed by atoms with Crippen molar-refractivity contribution in [3.63, 3.8) is 0 Å². The van der Waals surface area contributed by atoms with Gasteiger partial charge in [-0.1, -0.05) is 40.9 Å². The summed E-state index contributed by atoms with van der Waals surface area (Å²) in [6.07, 6.45) is 3.65. The number of nitrogens with one attached hydrogen (secondary N) is 2. The molecule has 3 nitrogen and oxygen atoms in total. The van der Waals surface area contributed by atoms with Crippen molar-refractivity contribution in [1.82, 2.24) is 15.5 Å². The Hall–Kier alpha value is -0.740. The Balaban J connectivity index is 2.16. The molecule has 0 bridgehead atoms. The first-order chi connectivity index (χ1) is 9.00. The molecule has 2 unspecified atom stereocenters. The lowest BCUT2D eigenvalue weighted by molar-refractivity contribution is 0.495. The van der Waals surface area contributed by atoms with E-state index in [2.05, 4.69) is 22.4 Å². The SMILES string of the molecule is CC(NC(C)c1ccc(Cl)c(Cl)c1Cl)c1cn[nH]c1. The summed E-state index contributed by atoms with van der Waals surface area (Å²) >= 11 is 18.2. The predicted molar refractivity (Wildman–Crippen MR) is 80.0 cm³/mol. The highest BCUT2D eigenvalue weighted by Crippen LogP contribution is 2.35. The first kappa shape index (κ1) is 14.7. The predicted octanol–water partition coefficient (Wildman–Crippen LogP) is 4.78. The quantitative estimate of drug-likeness (QED) is 0.796. The second kappa shape index (κ2) is 6.14. The van der Waals surface area contributed by atoms with E-state index in [9.17, 15) is 0 Å². The Morgan fingerprint density at radius 1 is 1.11 bits per heavy atom. The van der Waals surface area contributed by atoms with Gasteiger partial charge in [0, 0.05) is 23.8 Å². The van der Waals surface area contributed by atoms with E-state index in [-0.39, 0.29) is 12.1 Å². The molecule has 0 fully saturated rings. The Morgan fingerprint density at radius 2 is 1.84 bits per heavy atom. The smallest absolute Gasteiger partial charge is 0.0781 e. The molecule has 102 valence electrons. The van der Waals surface area contributed by atoms with Gasteiger partial charge in [0.1, 0.15) is 0 Å². The highest BCUT2D eigenvalue weighted by atomic mass is 35.5. The van der Waals surface area contributed by atoms with Gasteiger partial charge in [0.15, 0.2) is 0 Å². The van der Waals surface area contributed by atoms with Crippen molar-refractivity contribution in [3.05, 3.63) is 50.7 Å². The fraction of sp³-hybridized carbons (Fsp3) is 0.308. The van der Waals surface area contributed by atoms with Crippen molar-refractivity contribution in [3.8, 4) is 0 Å². The van der Waals surface area contributed by atoms with Crippen LogP contribution >= 0.6 is 34.8 Å². The van der Waals surface area contributed by atoms with Crippen LogP contribution in [0.15, 0.2) is 24.5 Å². The number of aromatic nitrogens is 2. The molecule has 2 atom stereocenters. The zero-order valence-electron chi connectivity index (χ0n) is 10.5. The molecule has 1 aromatic heterocycles. The number of benzene rings is 1. The molecule has 0 radical (unpaired) electrons. The largest absolute Gasteiger partial charge is 0.303 e. The second-order valence-corrected chi connectivity index (χ2v) is 5.57. The zero-order valence-corrected chi connectivity index (χ0v) is 12.8. The average Bonchev–Trinajstić information content (AvgIpc) is 2.89. The Bertz CT molecular complexity index is 555. The van der Waals surface area contributed by atoms with Gasteiger partial charge < -0.3 is 5.32 Å².